The van der Waals surface area contributed by atoms with Crippen molar-refractivity contribution in [2.75, 3.05) is 0 Å². The van der Waals surface area contributed by atoms with Crippen LogP contribution in [0.15, 0.2) is 18.2 Å². The Kier molecular flexibility index (Phi) is 3.35. The predicted octanol–water partition coefficient (Wildman–Crippen LogP) is 5.78. The fourth-order valence-corrected chi connectivity index (χ4v) is 5.92. The largest absolute Gasteiger partial charge is 0.294 e. The lowest BCUT2D eigenvalue weighted by atomic mass is 9.48. The molecule has 0 heterocycles. The minimum Gasteiger partial charge on any atom is -0.294 e. The van der Waals surface area contributed by atoms with Gasteiger partial charge in [-0.2, -0.15) is 0 Å². The Morgan fingerprint density at radius 3 is 2.10 bits per heavy atom. The Labute approximate surface area is 136 Å². The van der Waals surface area contributed by atoms with Crippen LogP contribution in [-0.4, -0.2) is 5.78 Å². The second-order valence-electron chi connectivity index (χ2n) is 7.65. The van der Waals surface area contributed by atoms with Crippen LogP contribution in [0.1, 0.15) is 55.3 Å². The summed E-state index contributed by atoms with van der Waals surface area (Å²) in [4.78, 5) is 12.7. The fraction of sp³-hybridized carbons (Fsp3) is 0.611. The van der Waals surface area contributed by atoms with Gasteiger partial charge in [0.05, 0.1) is 10.0 Å². The molecule has 0 unspecified atom stereocenters. The van der Waals surface area contributed by atoms with Crippen LogP contribution in [0.4, 0.5) is 0 Å². The van der Waals surface area contributed by atoms with Crippen LogP contribution in [0.5, 0.6) is 0 Å². The summed E-state index contributed by atoms with van der Waals surface area (Å²) in [6, 6.07) is 5.28. The van der Waals surface area contributed by atoms with E-state index in [1.165, 1.54) is 38.5 Å². The zero-order valence-corrected chi connectivity index (χ0v) is 13.6. The molecule has 4 aliphatic rings. The normalized spacial score (nSPS) is 37.0. The van der Waals surface area contributed by atoms with E-state index in [9.17, 15) is 4.79 Å². The molecule has 4 saturated carbocycles. The van der Waals surface area contributed by atoms with E-state index in [2.05, 4.69) is 0 Å². The highest BCUT2D eigenvalue weighted by Gasteiger charge is 2.51. The molecule has 1 aromatic rings. The van der Waals surface area contributed by atoms with Crippen molar-refractivity contribution in [1.82, 2.24) is 0 Å². The number of hydrogen-bond acceptors (Lipinski definition) is 1. The minimum atomic E-state index is 0.246. The molecule has 21 heavy (non-hydrogen) atoms. The van der Waals surface area contributed by atoms with Gasteiger partial charge in [0.15, 0.2) is 5.78 Å². The zero-order chi connectivity index (χ0) is 14.6. The lowest BCUT2D eigenvalue weighted by molar-refractivity contribution is -0.0524. The molecule has 0 aromatic heterocycles. The molecule has 0 radical (unpaired) electrons. The zero-order valence-electron chi connectivity index (χ0n) is 12.1. The van der Waals surface area contributed by atoms with Crippen molar-refractivity contribution in [2.45, 2.75) is 44.9 Å². The number of ketones is 1. The lowest BCUT2D eigenvalue weighted by Gasteiger charge is -2.56. The van der Waals surface area contributed by atoms with E-state index < -0.39 is 0 Å². The Hall–Kier alpha value is -0.530. The SMILES string of the molecule is O=C(CC12CC3CC(CC(C3)C1)C2)c1ccc(Cl)c(Cl)c1. The number of carbonyl (C=O) groups excluding carboxylic acids is 1. The number of halogens is 2. The molecule has 4 aliphatic carbocycles. The van der Waals surface area contributed by atoms with Gasteiger partial charge >= 0.3 is 0 Å². The van der Waals surface area contributed by atoms with Crippen molar-refractivity contribution in [3.8, 4) is 0 Å². The Balaban J connectivity index is 1.55. The maximum Gasteiger partial charge on any atom is 0.163 e. The van der Waals surface area contributed by atoms with Gasteiger partial charge in [0.25, 0.3) is 0 Å². The molecule has 4 bridgehead atoms. The van der Waals surface area contributed by atoms with Gasteiger partial charge in [0.1, 0.15) is 0 Å². The lowest BCUT2D eigenvalue weighted by Crippen LogP contribution is -2.46. The first-order valence-corrected chi connectivity index (χ1v) is 8.77. The summed E-state index contributed by atoms with van der Waals surface area (Å²) in [7, 11) is 0. The molecule has 4 fully saturated rings. The maximum absolute atomic E-state index is 12.7. The van der Waals surface area contributed by atoms with Crippen molar-refractivity contribution >= 4 is 29.0 Å². The predicted molar refractivity (Wildman–Crippen MR) is 86.0 cm³/mol. The summed E-state index contributed by atoms with van der Waals surface area (Å²) in [6.45, 7) is 0. The molecular weight excluding hydrogens is 303 g/mol. The van der Waals surface area contributed by atoms with Gasteiger partial charge in [-0.25, -0.2) is 0 Å². The molecule has 0 saturated heterocycles. The van der Waals surface area contributed by atoms with Gasteiger partial charge < -0.3 is 0 Å². The summed E-state index contributed by atoms with van der Waals surface area (Å²) < 4.78 is 0. The molecule has 0 amide bonds. The van der Waals surface area contributed by atoms with E-state index in [1.54, 1.807) is 12.1 Å². The van der Waals surface area contributed by atoms with Gasteiger partial charge in [-0.15, -0.1) is 0 Å². The quantitative estimate of drug-likeness (QED) is 0.644. The van der Waals surface area contributed by atoms with Crippen molar-refractivity contribution < 1.29 is 4.79 Å². The molecule has 0 atom stereocenters. The van der Waals surface area contributed by atoms with Crippen LogP contribution in [0.3, 0.4) is 0 Å². The van der Waals surface area contributed by atoms with Crippen LogP contribution < -0.4 is 0 Å². The van der Waals surface area contributed by atoms with Crippen LogP contribution in [0.25, 0.3) is 0 Å². The summed E-state index contributed by atoms with van der Waals surface area (Å²) in [5, 5.41) is 0.996. The van der Waals surface area contributed by atoms with Gasteiger partial charge in [-0.05, 0) is 79.9 Å². The monoisotopic (exact) mass is 322 g/mol. The first kappa shape index (κ1) is 14.1. The number of carbonyl (C=O) groups is 1. The highest BCUT2D eigenvalue weighted by atomic mass is 35.5. The highest BCUT2D eigenvalue weighted by molar-refractivity contribution is 6.42. The molecule has 3 heteroatoms. The molecular formula is C18H20Cl2O. The Morgan fingerprint density at radius 2 is 1.57 bits per heavy atom. The third-order valence-electron chi connectivity index (χ3n) is 5.94. The first-order chi connectivity index (χ1) is 10.0. The van der Waals surface area contributed by atoms with E-state index in [4.69, 9.17) is 23.2 Å². The average molecular weight is 323 g/mol. The maximum atomic E-state index is 12.7. The topological polar surface area (TPSA) is 17.1 Å². The molecule has 5 rings (SSSR count). The third-order valence-corrected chi connectivity index (χ3v) is 6.68. The van der Waals surface area contributed by atoms with Crippen molar-refractivity contribution in [1.29, 1.82) is 0 Å². The molecule has 1 aromatic carbocycles. The second-order valence-corrected chi connectivity index (χ2v) is 8.46. The average Bonchev–Trinajstić information content (AvgIpc) is 2.39. The summed E-state index contributed by atoms with van der Waals surface area (Å²) >= 11 is 12.0. The molecule has 0 spiro atoms. The molecule has 1 nitrogen and oxygen atoms in total. The first-order valence-electron chi connectivity index (χ1n) is 8.01. The smallest absolute Gasteiger partial charge is 0.163 e. The number of Topliss-reactive ketones (excluding diaryl/α,β-unsaturated/α-hetero) is 1. The van der Waals surface area contributed by atoms with E-state index >= 15 is 0 Å². The second kappa shape index (κ2) is 4.99. The summed E-state index contributed by atoms with van der Waals surface area (Å²) in [6.07, 6.45) is 8.76. The number of rotatable bonds is 3. The molecule has 0 N–H and O–H groups in total. The summed E-state index contributed by atoms with van der Waals surface area (Å²) in [5.74, 6) is 2.91. The molecule has 0 aliphatic heterocycles. The van der Waals surface area contributed by atoms with Crippen LogP contribution in [0.2, 0.25) is 10.0 Å². The number of benzene rings is 1. The molecule has 112 valence electrons. The van der Waals surface area contributed by atoms with Crippen LogP contribution in [0, 0.1) is 23.2 Å². The number of hydrogen-bond donors (Lipinski definition) is 0. The van der Waals surface area contributed by atoms with Crippen LogP contribution >= 0.6 is 23.2 Å². The Bertz CT molecular complexity index is 558. The van der Waals surface area contributed by atoms with Crippen molar-refractivity contribution in [2.24, 2.45) is 23.2 Å². The van der Waals surface area contributed by atoms with Crippen molar-refractivity contribution in [3.05, 3.63) is 33.8 Å². The van der Waals surface area contributed by atoms with Gasteiger partial charge in [0, 0.05) is 12.0 Å². The van der Waals surface area contributed by atoms with Crippen LogP contribution in [-0.2, 0) is 0 Å². The van der Waals surface area contributed by atoms with Gasteiger partial charge in [-0.3, -0.25) is 4.79 Å². The standard InChI is InChI=1S/C18H20Cl2O/c19-15-2-1-14(6-16(15)20)17(21)10-18-7-11-3-12(8-18)5-13(4-11)9-18/h1-2,6,11-13H,3-5,7-10H2. The summed E-state index contributed by atoms with van der Waals surface area (Å²) in [5.41, 5.74) is 1.01. The fourth-order valence-electron chi connectivity index (χ4n) is 5.62. The van der Waals surface area contributed by atoms with E-state index in [0.29, 0.717) is 16.5 Å². The van der Waals surface area contributed by atoms with Gasteiger partial charge in [0.2, 0.25) is 0 Å². The van der Waals surface area contributed by atoms with Crippen molar-refractivity contribution in [3.63, 3.8) is 0 Å². The van der Waals surface area contributed by atoms with E-state index in [1.807, 2.05) is 6.07 Å². The third kappa shape index (κ3) is 2.53. The van der Waals surface area contributed by atoms with E-state index in [-0.39, 0.29) is 11.2 Å². The highest BCUT2D eigenvalue weighted by Crippen LogP contribution is 2.61. The minimum absolute atomic E-state index is 0.246. The van der Waals surface area contributed by atoms with Gasteiger partial charge in [-0.1, -0.05) is 23.2 Å². The Morgan fingerprint density at radius 1 is 1.00 bits per heavy atom. The van der Waals surface area contributed by atoms with E-state index in [0.717, 1.165) is 23.3 Å².